The molecule has 0 atom stereocenters. The van der Waals surface area contributed by atoms with Crippen LogP contribution in [0.4, 0.5) is 10.1 Å². The molecular weight excluding hydrogens is 382 g/mol. The maximum Gasteiger partial charge on any atom is 0.147 e. The number of aliphatic imine (C=N–C) groups is 1. The summed E-state index contributed by atoms with van der Waals surface area (Å²) in [4.78, 5) is 8.58. The van der Waals surface area contributed by atoms with Gasteiger partial charge in [-0.3, -0.25) is 0 Å². The second kappa shape index (κ2) is 5.67. The minimum absolute atomic E-state index is 0.239. The van der Waals surface area contributed by atoms with Crippen molar-refractivity contribution in [1.29, 1.82) is 0 Å². The van der Waals surface area contributed by atoms with Gasteiger partial charge in [0.15, 0.2) is 0 Å². The second-order valence-corrected chi connectivity index (χ2v) is 6.45. The number of anilines is 1. The van der Waals surface area contributed by atoms with Crippen LogP contribution in [0, 0.1) is 9.39 Å². The molecular formula is C15H16FIN4. The molecule has 0 aromatic heterocycles. The Bertz CT molecular complexity index is 666. The van der Waals surface area contributed by atoms with Gasteiger partial charge in [-0.25, -0.2) is 9.38 Å². The van der Waals surface area contributed by atoms with E-state index in [0.29, 0.717) is 5.69 Å². The monoisotopic (exact) mass is 398 g/mol. The zero-order valence-electron chi connectivity index (χ0n) is 11.9. The number of benzene rings is 1. The summed E-state index contributed by atoms with van der Waals surface area (Å²) in [5, 5.41) is 3.21. The third kappa shape index (κ3) is 2.90. The van der Waals surface area contributed by atoms with E-state index in [1.807, 2.05) is 31.4 Å². The molecule has 4 nitrogen and oxygen atoms in total. The molecule has 1 aromatic rings. The van der Waals surface area contributed by atoms with Crippen LogP contribution in [0.3, 0.4) is 0 Å². The average molecular weight is 398 g/mol. The van der Waals surface area contributed by atoms with Crippen LogP contribution in [0.1, 0.15) is 0 Å². The highest BCUT2D eigenvalue weighted by Crippen LogP contribution is 2.28. The van der Waals surface area contributed by atoms with E-state index in [4.69, 9.17) is 0 Å². The fraction of sp³-hybridized carbons (Fsp3) is 0.267. The van der Waals surface area contributed by atoms with Gasteiger partial charge >= 0.3 is 0 Å². The van der Waals surface area contributed by atoms with Crippen LogP contribution >= 0.6 is 22.6 Å². The van der Waals surface area contributed by atoms with E-state index in [2.05, 4.69) is 43.9 Å². The lowest BCUT2D eigenvalue weighted by molar-refractivity contribution is 0.422. The van der Waals surface area contributed by atoms with Crippen molar-refractivity contribution in [2.75, 3.05) is 32.5 Å². The van der Waals surface area contributed by atoms with E-state index in [0.717, 1.165) is 33.8 Å². The number of nitrogens with zero attached hydrogens (tertiary/aromatic N) is 3. The Labute approximate surface area is 137 Å². The third-order valence-electron chi connectivity index (χ3n) is 3.51. The lowest BCUT2D eigenvalue weighted by Gasteiger charge is -2.33. The molecule has 0 aliphatic carbocycles. The molecule has 1 N–H and O–H groups in total. The summed E-state index contributed by atoms with van der Waals surface area (Å²) in [6.07, 6.45) is 3.90. The van der Waals surface area contributed by atoms with E-state index in [-0.39, 0.29) is 5.82 Å². The highest BCUT2D eigenvalue weighted by Gasteiger charge is 2.23. The Morgan fingerprint density at radius 2 is 2.14 bits per heavy atom. The van der Waals surface area contributed by atoms with Gasteiger partial charge < -0.3 is 15.1 Å². The molecule has 0 bridgehead atoms. The largest absolute Gasteiger partial charge is 0.361 e. The molecule has 110 valence electrons. The fourth-order valence-electron chi connectivity index (χ4n) is 2.43. The van der Waals surface area contributed by atoms with Gasteiger partial charge in [-0.15, -0.1) is 0 Å². The van der Waals surface area contributed by atoms with E-state index >= 15 is 0 Å². The first-order valence-electron chi connectivity index (χ1n) is 6.66. The standard InChI is InChI=1S/C15H16FIN4/c1-20-8-11-13(5-6-21(2)15(11)18-9-20)19-14-4-3-10(17)7-12(14)16/h3-5,7,9,19H,6,8H2,1-2H3. The summed E-state index contributed by atoms with van der Waals surface area (Å²) in [6.45, 7) is 1.52. The van der Waals surface area contributed by atoms with Crippen molar-refractivity contribution in [3.63, 3.8) is 0 Å². The van der Waals surface area contributed by atoms with Crippen molar-refractivity contribution >= 4 is 34.6 Å². The Kier molecular flexibility index (Phi) is 3.88. The van der Waals surface area contributed by atoms with E-state index in [1.54, 1.807) is 6.07 Å². The van der Waals surface area contributed by atoms with E-state index in [1.165, 1.54) is 6.07 Å². The number of nitrogens with one attached hydrogen (secondary N) is 1. The van der Waals surface area contributed by atoms with Gasteiger partial charge in [0.2, 0.25) is 0 Å². The van der Waals surface area contributed by atoms with Crippen LogP contribution in [0.5, 0.6) is 0 Å². The summed E-state index contributed by atoms with van der Waals surface area (Å²) in [7, 11) is 3.99. The summed E-state index contributed by atoms with van der Waals surface area (Å²) in [5.74, 6) is 0.709. The van der Waals surface area contributed by atoms with Crippen molar-refractivity contribution in [1.82, 2.24) is 9.80 Å². The molecule has 0 unspecified atom stereocenters. The summed E-state index contributed by atoms with van der Waals surface area (Å²) < 4.78 is 14.9. The van der Waals surface area contributed by atoms with Crippen molar-refractivity contribution in [2.24, 2.45) is 4.99 Å². The smallest absolute Gasteiger partial charge is 0.147 e. The molecule has 2 aliphatic rings. The first-order chi connectivity index (χ1) is 10.0. The fourth-order valence-corrected chi connectivity index (χ4v) is 2.88. The zero-order chi connectivity index (χ0) is 15.0. The van der Waals surface area contributed by atoms with Gasteiger partial charge in [-0.2, -0.15) is 0 Å². The molecule has 2 aliphatic heterocycles. The Morgan fingerprint density at radius 1 is 1.33 bits per heavy atom. The normalized spacial score (nSPS) is 17.8. The van der Waals surface area contributed by atoms with Crippen LogP contribution in [0.15, 0.2) is 46.4 Å². The van der Waals surface area contributed by atoms with Crippen LogP contribution in [0.2, 0.25) is 0 Å². The van der Waals surface area contributed by atoms with Gasteiger partial charge in [-0.1, -0.05) is 0 Å². The minimum atomic E-state index is -0.239. The Morgan fingerprint density at radius 3 is 2.90 bits per heavy atom. The highest BCUT2D eigenvalue weighted by atomic mass is 127. The van der Waals surface area contributed by atoms with Gasteiger partial charge in [0, 0.05) is 42.0 Å². The van der Waals surface area contributed by atoms with Gasteiger partial charge in [0.25, 0.3) is 0 Å². The minimum Gasteiger partial charge on any atom is -0.361 e. The number of likely N-dealkylation sites (N-methyl/N-ethyl adjacent to an activating group) is 2. The molecule has 0 spiro atoms. The summed E-state index contributed by atoms with van der Waals surface area (Å²) in [5.41, 5.74) is 2.52. The lowest BCUT2D eigenvalue weighted by atomic mass is 10.1. The van der Waals surface area contributed by atoms with Crippen molar-refractivity contribution < 1.29 is 4.39 Å². The molecule has 0 fully saturated rings. The Hall–Kier alpha value is -1.57. The molecule has 3 rings (SSSR count). The second-order valence-electron chi connectivity index (χ2n) is 5.21. The van der Waals surface area contributed by atoms with Gasteiger partial charge in [0.1, 0.15) is 11.6 Å². The molecule has 0 saturated heterocycles. The SMILES string of the molecule is CN1C=NC2=C(C1)C(Nc1ccc(I)cc1F)=CCN2C. The molecule has 0 amide bonds. The van der Waals surface area contributed by atoms with Gasteiger partial charge in [-0.05, 0) is 46.9 Å². The highest BCUT2D eigenvalue weighted by molar-refractivity contribution is 14.1. The average Bonchev–Trinajstić information content (AvgIpc) is 2.44. The summed E-state index contributed by atoms with van der Waals surface area (Å²) >= 11 is 2.10. The lowest BCUT2D eigenvalue weighted by Crippen LogP contribution is -2.34. The first-order valence-corrected chi connectivity index (χ1v) is 7.74. The van der Waals surface area contributed by atoms with E-state index < -0.39 is 0 Å². The summed E-state index contributed by atoms with van der Waals surface area (Å²) in [6, 6.07) is 5.19. The van der Waals surface area contributed by atoms with Crippen LogP contribution in [-0.2, 0) is 0 Å². The predicted molar refractivity (Wildman–Crippen MR) is 91.6 cm³/mol. The molecule has 0 radical (unpaired) electrons. The topological polar surface area (TPSA) is 30.9 Å². The van der Waals surface area contributed by atoms with Crippen molar-refractivity contribution in [2.45, 2.75) is 0 Å². The van der Waals surface area contributed by atoms with Gasteiger partial charge in [0.05, 0.1) is 12.0 Å². The van der Waals surface area contributed by atoms with Crippen LogP contribution in [0.25, 0.3) is 0 Å². The molecule has 0 saturated carbocycles. The molecule has 21 heavy (non-hydrogen) atoms. The van der Waals surface area contributed by atoms with E-state index in [9.17, 15) is 4.39 Å². The Balaban J connectivity index is 1.91. The predicted octanol–water partition coefficient (Wildman–Crippen LogP) is 2.86. The molecule has 2 heterocycles. The number of hydrogen-bond acceptors (Lipinski definition) is 4. The maximum atomic E-state index is 14.0. The van der Waals surface area contributed by atoms with Crippen molar-refractivity contribution in [3.8, 4) is 0 Å². The molecule has 6 heteroatoms. The van der Waals surface area contributed by atoms with Crippen LogP contribution in [-0.4, -0.2) is 43.3 Å². The third-order valence-corrected chi connectivity index (χ3v) is 4.18. The van der Waals surface area contributed by atoms with Crippen molar-refractivity contribution in [3.05, 3.63) is 50.8 Å². The van der Waals surface area contributed by atoms with Crippen LogP contribution < -0.4 is 5.32 Å². The quantitative estimate of drug-likeness (QED) is 0.778. The number of halogens is 2. The molecule has 1 aromatic carbocycles. The number of hydrogen-bond donors (Lipinski definition) is 1. The number of rotatable bonds is 2. The first kappa shape index (κ1) is 14.4. The zero-order valence-corrected chi connectivity index (χ0v) is 14.1. The maximum absolute atomic E-state index is 14.0.